The van der Waals surface area contributed by atoms with E-state index in [0.29, 0.717) is 11.4 Å². The molecule has 5 rings (SSSR count). The summed E-state index contributed by atoms with van der Waals surface area (Å²) in [5.74, 6) is -0.877. The molecule has 0 radical (unpaired) electrons. The second-order valence-corrected chi connectivity index (χ2v) is 7.73. The van der Waals surface area contributed by atoms with Crippen molar-refractivity contribution in [2.75, 3.05) is 9.80 Å². The quantitative estimate of drug-likeness (QED) is 0.240. The van der Waals surface area contributed by atoms with Gasteiger partial charge in [-0.1, -0.05) is 78.9 Å². The highest BCUT2D eigenvalue weighted by Crippen LogP contribution is 2.30. The summed E-state index contributed by atoms with van der Waals surface area (Å²) in [6.07, 6.45) is 1.67. The Kier molecular flexibility index (Phi) is 5.09. The standard InChI is InChI=1S/C27H18N2O2S/c30-25-24(18-20-12-9-11-19-10-7-8-17-23(19)20)26(31)29(22-15-5-2-6-16-22)27(32)28(25)21-13-3-1-4-14-21/h1-18H. The van der Waals surface area contributed by atoms with Crippen LogP contribution in [0, 0.1) is 0 Å². The molecule has 0 atom stereocenters. The van der Waals surface area contributed by atoms with E-state index in [9.17, 15) is 9.59 Å². The molecule has 5 heteroatoms. The number of hydrogen-bond donors (Lipinski definition) is 0. The predicted octanol–water partition coefficient (Wildman–Crippen LogP) is 5.59. The Bertz CT molecular complexity index is 1310. The van der Waals surface area contributed by atoms with Gasteiger partial charge >= 0.3 is 0 Å². The van der Waals surface area contributed by atoms with Crippen LogP contribution in [0.15, 0.2) is 109 Å². The molecular weight excluding hydrogens is 416 g/mol. The zero-order chi connectivity index (χ0) is 22.1. The maximum absolute atomic E-state index is 13.6. The third-order valence-electron chi connectivity index (χ3n) is 5.40. The Morgan fingerprint density at radius 2 is 1.09 bits per heavy atom. The number of nitrogens with zero attached hydrogens (tertiary/aromatic N) is 2. The molecule has 4 aromatic rings. The molecule has 4 nitrogen and oxygen atoms in total. The molecule has 1 saturated heterocycles. The molecule has 154 valence electrons. The maximum Gasteiger partial charge on any atom is 0.270 e. The van der Waals surface area contributed by atoms with E-state index in [0.717, 1.165) is 16.3 Å². The molecular formula is C27H18N2O2S. The Hall–Kier alpha value is -4.09. The molecule has 0 spiro atoms. The van der Waals surface area contributed by atoms with Gasteiger partial charge in [0.15, 0.2) is 5.11 Å². The Balaban J connectivity index is 1.70. The van der Waals surface area contributed by atoms with Gasteiger partial charge in [-0.05, 0) is 58.9 Å². The van der Waals surface area contributed by atoms with Crippen LogP contribution in [0.25, 0.3) is 16.8 Å². The number of fused-ring (bicyclic) bond motifs is 1. The van der Waals surface area contributed by atoms with Crippen LogP contribution in [0.4, 0.5) is 11.4 Å². The highest BCUT2D eigenvalue weighted by atomic mass is 32.1. The minimum atomic E-state index is -0.439. The summed E-state index contributed by atoms with van der Waals surface area (Å²) < 4.78 is 0. The van der Waals surface area contributed by atoms with Crippen LogP contribution in [-0.2, 0) is 9.59 Å². The van der Waals surface area contributed by atoms with Gasteiger partial charge in [0.2, 0.25) is 0 Å². The van der Waals surface area contributed by atoms with Gasteiger partial charge in [0.05, 0.1) is 11.4 Å². The summed E-state index contributed by atoms with van der Waals surface area (Å²) in [5.41, 5.74) is 2.08. The smallest absolute Gasteiger partial charge is 0.268 e. The monoisotopic (exact) mass is 434 g/mol. The van der Waals surface area contributed by atoms with Crippen molar-refractivity contribution in [2.45, 2.75) is 0 Å². The molecule has 0 aliphatic carbocycles. The second kappa shape index (κ2) is 8.21. The molecule has 4 aromatic carbocycles. The first-order valence-electron chi connectivity index (χ1n) is 10.2. The molecule has 1 heterocycles. The predicted molar refractivity (Wildman–Crippen MR) is 132 cm³/mol. The Morgan fingerprint density at radius 3 is 1.69 bits per heavy atom. The lowest BCUT2D eigenvalue weighted by Gasteiger charge is -2.36. The van der Waals surface area contributed by atoms with Gasteiger partial charge in [0, 0.05) is 0 Å². The van der Waals surface area contributed by atoms with E-state index in [1.165, 1.54) is 9.80 Å². The topological polar surface area (TPSA) is 40.6 Å². The lowest BCUT2D eigenvalue weighted by Crippen LogP contribution is -2.56. The minimum Gasteiger partial charge on any atom is -0.268 e. The number of benzene rings is 4. The molecule has 0 aromatic heterocycles. The van der Waals surface area contributed by atoms with Crippen LogP contribution in [0.5, 0.6) is 0 Å². The van der Waals surface area contributed by atoms with E-state index >= 15 is 0 Å². The van der Waals surface area contributed by atoms with Gasteiger partial charge in [0.25, 0.3) is 11.8 Å². The van der Waals surface area contributed by atoms with E-state index in [1.54, 1.807) is 30.3 Å². The normalized spacial score (nSPS) is 14.2. The summed E-state index contributed by atoms with van der Waals surface area (Å²) in [4.78, 5) is 30.0. The number of hydrogen-bond acceptors (Lipinski definition) is 3. The number of para-hydroxylation sites is 2. The summed E-state index contributed by atoms with van der Waals surface area (Å²) in [5, 5.41) is 2.13. The number of carbonyl (C=O) groups is 2. The van der Waals surface area contributed by atoms with Gasteiger partial charge in [0.1, 0.15) is 5.57 Å². The average molecular weight is 435 g/mol. The molecule has 0 unspecified atom stereocenters. The van der Waals surface area contributed by atoms with Crippen LogP contribution in [0.2, 0.25) is 0 Å². The van der Waals surface area contributed by atoms with Crippen molar-refractivity contribution < 1.29 is 9.59 Å². The largest absolute Gasteiger partial charge is 0.270 e. The third-order valence-corrected chi connectivity index (χ3v) is 5.77. The molecule has 32 heavy (non-hydrogen) atoms. The average Bonchev–Trinajstić information content (AvgIpc) is 2.83. The minimum absolute atomic E-state index is 0.0580. The van der Waals surface area contributed by atoms with E-state index in [1.807, 2.05) is 78.9 Å². The fraction of sp³-hybridized carbons (Fsp3) is 0. The highest BCUT2D eigenvalue weighted by molar-refractivity contribution is 7.81. The molecule has 0 saturated carbocycles. The molecule has 1 aliphatic rings. The molecule has 0 N–H and O–H groups in total. The summed E-state index contributed by atoms with van der Waals surface area (Å²) >= 11 is 5.64. The van der Waals surface area contributed by atoms with Crippen molar-refractivity contribution in [2.24, 2.45) is 0 Å². The fourth-order valence-corrected chi connectivity index (χ4v) is 4.25. The van der Waals surface area contributed by atoms with E-state index in [2.05, 4.69) is 0 Å². The van der Waals surface area contributed by atoms with Crippen LogP contribution < -0.4 is 9.80 Å². The first-order chi connectivity index (χ1) is 15.6. The summed E-state index contributed by atoms with van der Waals surface area (Å²) in [6, 6.07) is 32.0. The zero-order valence-corrected chi connectivity index (χ0v) is 17.8. The van der Waals surface area contributed by atoms with Gasteiger partial charge < -0.3 is 0 Å². The first-order valence-corrected chi connectivity index (χ1v) is 10.6. The summed E-state index contributed by atoms with van der Waals surface area (Å²) in [6.45, 7) is 0. The number of rotatable bonds is 3. The van der Waals surface area contributed by atoms with E-state index < -0.39 is 11.8 Å². The molecule has 0 bridgehead atoms. The number of carbonyl (C=O) groups excluding carboxylic acids is 2. The van der Waals surface area contributed by atoms with E-state index in [4.69, 9.17) is 12.2 Å². The lowest BCUT2D eigenvalue weighted by atomic mass is 10.00. The van der Waals surface area contributed by atoms with Crippen molar-refractivity contribution in [3.8, 4) is 0 Å². The van der Waals surface area contributed by atoms with Gasteiger partial charge in [-0.2, -0.15) is 0 Å². The highest BCUT2D eigenvalue weighted by Gasteiger charge is 2.41. The Morgan fingerprint density at radius 1 is 0.594 bits per heavy atom. The number of amides is 2. The zero-order valence-electron chi connectivity index (χ0n) is 17.0. The first kappa shape index (κ1) is 19.8. The maximum atomic E-state index is 13.6. The Labute approximate surface area is 191 Å². The van der Waals surface area contributed by atoms with Crippen molar-refractivity contribution in [3.63, 3.8) is 0 Å². The van der Waals surface area contributed by atoms with Crippen LogP contribution >= 0.6 is 12.2 Å². The number of anilines is 2. The number of thiocarbonyl (C=S) groups is 1. The van der Waals surface area contributed by atoms with Crippen LogP contribution in [0.1, 0.15) is 5.56 Å². The van der Waals surface area contributed by atoms with E-state index in [-0.39, 0.29) is 10.7 Å². The summed E-state index contributed by atoms with van der Waals surface area (Å²) in [7, 11) is 0. The second-order valence-electron chi connectivity index (χ2n) is 7.36. The fourth-order valence-electron chi connectivity index (χ4n) is 3.87. The van der Waals surface area contributed by atoms with Gasteiger partial charge in [-0.15, -0.1) is 0 Å². The van der Waals surface area contributed by atoms with Crippen LogP contribution in [0.3, 0.4) is 0 Å². The molecule has 1 fully saturated rings. The van der Waals surface area contributed by atoms with Crippen molar-refractivity contribution in [3.05, 3.63) is 114 Å². The van der Waals surface area contributed by atoms with Crippen molar-refractivity contribution in [1.29, 1.82) is 0 Å². The molecule has 1 aliphatic heterocycles. The van der Waals surface area contributed by atoms with Crippen LogP contribution in [-0.4, -0.2) is 16.9 Å². The van der Waals surface area contributed by atoms with Crippen molar-refractivity contribution in [1.82, 2.24) is 0 Å². The van der Waals surface area contributed by atoms with Crippen molar-refractivity contribution >= 4 is 57.4 Å². The van der Waals surface area contributed by atoms with Gasteiger partial charge in [-0.3, -0.25) is 19.4 Å². The molecule has 2 amide bonds. The lowest BCUT2D eigenvalue weighted by molar-refractivity contribution is -0.120. The SMILES string of the molecule is O=C1C(=Cc2cccc3ccccc23)C(=O)N(c2ccccc2)C(=S)N1c1ccccc1. The third kappa shape index (κ3) is 3.39. The van der Waals surface area contributed by atoms with Gasteiger partial charge in [-0.25, -0.2) is 0 Å².